The predicted molar refractivity (Wildman–Crippen MR) is 75.1 cm³/mol. The van der Waals surface area contributed by atoms with Crippen LogP contribution in [-0.2, 0) is 0 Å². The molecule has 0 amide bonds. The van der Waals surface area contributed by atoms with E-state index in [1.165, 1.54) is 58.2 Å². The molecule has 0 unspecified atom stereocenters. The van der Waals surface area contributed by atoms with Crippen LogP contribution in [0.25, 0.3) is 0 Å². The molecule has 0 N–H and O–H groups in total. The Morgan fingerprint density at radius 3 is 2.06 bits per heavy atom. The number of rotatable bonds is 3. The van der Waals surface area contributed by atoms with Gasteiger partial charge in [0.1, 0.15) is 0 Å². The number of nitrogens with zero attached hydrogens (tertiary/aromatic N) is 1. The topological polar surface area (TPSA) is 3.24 Å². The molecule has 1 saturated heterocycles. The number of piperidine rings is 1. The van der Waals surface area contributed by atoms with Gasteiger partial charge >= 0.3 is 0 Å². The van der Waals surface area contributed by atoms with Crippen molar-refractivity contribution in [1.82, 2.24) is 4.90 Å². The summed E-state index contributed by atoms with van der Waals surface area (Å²) in [5.41, 5.74) is 0. The van der Waals surface area contributed by atoms with Gasteiger partial charge in [-0.25, -0.2) is 0 Å². The van der Waals surface area contributed by atoms with Gasteiger partial charge in [0, 0.05) is 6.54 Å². The highest BCUT2D eigenvalue weighted by atomic mass is 15.1. The van der Waals surface area contributed by atoms with Gasteiger partial charge in [0.15, 0.2) is 0 Å². The lowest BCUT2D eigenvalue weighted by atomic mass is 9.82. The van der Waals surface area contributed by atoms with Crippen molar-refractivity contribution in [3.05, 3.63) is 0 Å². The molecule has 0 aromatic rings. The summed E-state index contributed by atoms with van der Waals surface area (Å²) >= 11 is 0. The van der Waals surface area contributed by atoms with Gasteiger partial charge in [-0.15, -0.1) is 0 Å². The third kappa shape index (κ3) is 3.98. The van der Waals surface area contributed by atoms with Gasteiger partial charge < -0.3 is 4.90 Å². The molecule has 1 heteroatoms. The zero-order chi connectivity index (χ0) is 12.3. The van der Waals surface area contributed by atoms with Crippen LogP contribution in [0.5, 0.6) is 0 Å². The Bertz CT molecular complexity index is 208. The van der Waals surface area contributed by atoms with Crippen LogP contribution < -0.4 is 0 Å². The second-order valence-corrected chi connectivity index (χ2v) is 7.01. The fraction of sp³-hybridized carbons (Fsp3) is 1.00. The summed E-state index contributed by atoms with van der Waals surface area (Å²) in [5.74, 6) is 3.91. The van der Waals surface area contributed by atoms with Crippen LogP contribution in [0.2, 0.25) is 0 Å². The van der Waals surface area contributed by atoms with Gasteiger partial charge in [0.2, 0.25) is 0 Å². The summed E-state index contributed by atoms with van der Waals surface area (Å²) in [4.78, 5) is 2.75. The number of likely N-dealkylation sites (tertiary alicyclic amines) is 1. The molecule has 1 nitrogen and oxygen atoms in total. The summed E-state index contributed by atoms with van der Waals surface area (Å²) in [7, 11) is 0. The van der Waals surface area contributed by atoms with Gasteiger partial charge in [0.05, 0.1) is 0 Å². The molecule has 1 heterocycles. The van der Waals surface area contributed by atoms with Crippen LogP contribution in [0, 0.1) is 23.7 Å². The highest BCUT2D eigenvalue weighted by Gasteiger charge is 2.25. The normalized spacial score (nSPS) is 33.2. The zero-order valence-electron chi connectivity index (χ0n) is 12.1. The molecule has 0 atom stereocenters. The molecule has 1 aliphatic heterocycles. The third-order valence-corrected chi connectivity index (χ3v) is 5.23. The average Bonchev–Trinajstić information content (AvgIpc) is 2.33. The lowest BCUT2D eigenvalue weighted by molar-refractivity contribution is 0.123. The van der Waals surface area contributed by atoms with E-state index in [0.29, 0.717) is 0 Å². The minimum atomic E-state index is 0.896. The second-order valence-electron chi connectivity index (χ2n) is 7.01. The van der Waals surface area contributed by atoms with Crippen molar-refractivity contribution < 1.29 is 0 Å². The average molecular weight is 237 g/mol. The molecule has 2 fully saturated rings. The van der Waals surface area contributed by atoms with E-state index in [-0.39, 0.29) is 0 Å². The van der Waals surface area contributed by atoms with Gasteiger partial charge in [-0.05, 0) is 62.4 Å². The van der Waals surface area contributed by atoms with Crippen molar-refractivity contribution in [1.29, 1.82) is 0 Å². The molecule has 0 aromatic carbocycles. The van der Waals surface area contributed by atoms with Crippen molar-refractivity contribution in [3.8, 4) is 0 Å². The Labute approximate surface area is 108 Å². The molecule has 0 bridgehead atoms. The first-order valence-electron chi connectivity index (χ1n) is 7.87. The summed E-state index contributed by atoms with van der Waals surface area (Å²) in [6.45, 7) is 11.3. The molecular formula is C16H31N. The number of hydrogen-bond donors (Lipinski definition) is 0. The van der Waals surface area contributed by atoms with E-state index in [9.17, 15) is 0 Å². The van der Waals surface area contributed by atoms with Crippen LogP contribution >= 0.6 is 0 Å². The Morgan fingerprint density at radius 1 is 0.941 bits per heavy atom. The zero-order valence-corrected chi connectivity index (χ0v) is 12.1. The van der Waals surface area contributed by atoms with E-state index in [1.807, 2.05) is 0 Å². The molecule has 0 radical (unpaired) electrons. The fourth-order valence-corrected chi connectivity index (χ4v) is 3.68. The fourth-order valence-electron chi connectivity index (χ4n) is 3.68. The van der Waals surface area contributed by atoms with Gasteiger partial charge in [0.25, 0.3) is 0 Å². The summed E-state index contributed by atoms with van der Waals surface area (Å²) in [5, 5.41) is 0. The smallest absolute Gasteiger partial charge is 0.000966 e. The highest BCUT2D eigenvalue weighted by molar-refractivity contribution is 4.78. The Balaban J connectivity index is 1.67. The van der Waals surface area contributed by atoms with Crippen molar-refractivity contribution in [2.24, 2.45) is 23.7 Å². The van der Waals surface area contributed by atoms with Crippen molar-refractivity contribution in [3.63, 3.8) is 0 Å². The van der Waals surface area contributed by atoms with E-state index >= 15 is 0 Å². The SMILES string of the molecule is CC(C)C1CCN(C[C@H]2CC[C@H](C)CC2)CC1. The second kappa shape index (κ2) is 6.22. The van der Waals surface area contributed by atoms with Crippen molar-refractivity contribution in [2.75, 3.05) is 19.6 Å². The standard InChI is InChI=1S/C16H31N/c1-13(2)16-8-10-17(11-9-16)12-15-6-4-14(3)5-7-15/h13-16H,4-12H2,1-3H3/t14-,15-. The molecule has 2 aliphatic rings. The molecule has 2 rings (SSSR count). The van der Waals surface area contributed by atoms with E-state index in [1.54, 1.807) is 0 Å². The van der Waals surface area contributed by atoms with Crippen LogP contribution in [0.15, 0.2) is 0 Å². The Kier molecular flexibility index (Phi) is 4.90. The molecule has 0 aromatic heterocycles. The molecule has 1 aliphatic carbocycles. The third-order valence-electron chi connectivity index (χ3n) is 5.23. The van der Waals surface area contributed by atoms with Crippen LogP contribution in [0.3, 0.4) is 0 Å². The summed E-state index contributed by atoms with van der Waals surface area (Å²) < 4.78 is 0. The first-order valence-corrected chi connectivity index (χ1v) is 7.87. The number of hydrogen-bond acceptors (Lipinski definition) is 1. The minimum Gasteiger partial charge on any atom is -0.303 e. The predicted octanol–water partition coefficient (Wildman–Crippen LogP) is 4.18. The maximum Gasteiger partial charge on any atom is 0.000966 e. The monoisotopic (exact) mass is 237 g/mol. The largest absolute Gasteiger partial charge is 0.303 e. The van der Waals surface area contributed by atoms with E-state index in [2.05, 4.69) is 25.7 Å². The summed E-state index contributed by atoms with van der Waals surface area (Å²) in [6.07, 6.45) is 8.83. The lowest BCUT2D eigenvalue weighted by Crippen LogP contribution is -2.38. The van der Waals surface area contributed by atoms with Gasteiger partial charge in [-0.3, -0.25) is 0 Å². The quantitative estimate of drug-likeness (QED) is 0.712. The van der Waals surface area contributed by atoms with Crippen molar-refractivity contribution in [2.45, 2.75) is 59.3 Å². The van der Waals surface area contributed by atoms with Crippen LogP contribution in [0.1, 0.15) is 59.3 Å². The lowest BCUT2D eigenvalue weighted by Gasteiger charge is -2.37. The van der Waals surface area contributed by atoms with Crippen LogP contribution in [-0.4, -0.2) is 24.5 Å². The first kappa shape index (κ1) is 13.4. The Morgan fingerprint density at radius 2 is 1.53 bits per heavy atom. The van der Waals surface area contributed by atoms with E-state index in [4.69, 9.17) is 0 Å². The van der Waals surface area contributed by atoms with Crippen molar-refractivity contribution >= 4 is 0 Å². The molecule has 17 heavy (non-hydrogen) atoms. The molecule has 100 valence electrons. The maximum atomic E-state index is 2.75. The van der Waals surface area contributed by atoms with Gasteiger partial charge in [-0.2, -0.15) is 0 Å². The van der Waals surface area contributed by atoms with Gasteiger partial charge in [-0.1, -0.05) is 33.6 Å². The molecular weight excluding hydrogens is 206 g/mol. The Hall–Kier alpha value is -0.0400. The van der Waals surface area contributed by atoms with E-state index < -0.39 is 0 Å². The highest BCUT2D eigenvalue weighted by Crippen LogP contribution is 2.30. The van der Waals surface area contributed by atoms with E-state index in [0.717, 1.165) is 23.7 Å². The maximum absolute atomic E-state index is 2.75. The minimum absolute atomic E-state index is 0.896. The molecule has 0 spiro atoms. The molecule has 1 saturated carbocycles. The first-order chi connectivity index (χ1) is 8.15. The summed E-state index contributed by atoms with van der Waals surface area (Å²) in [6, 6.07) is 0. The van der Waals surface area contributed by atoms with Crippen LogP contribution in [0.4, 0.5) is 0 Å².